The highest BCUT2D eigenvalue weighted by molar-refractivity contribution is 5.81. The summed E-state index contributed by atoms with van der Waals surface area (Å²) in [7, 11) is 0. The number of aliphatic hydroxyl groups is 1. The van der Waals surface area contributed by atoms with Gasteiger partial charge in [0, 0.05) is 25.4 Å². The van der Waals surface area contributed by atoms with E-state index in [1.807, 2.05) is 6.08 Å². The van der Waals surface area contributed by atoms with E-state index in [2.05, 4.69) is 13.0 Å². The van der Waals surface area contributed by atoms with E-state index in [-0.39, 0.29) is 24.4 Å². The van der Waals surface area contributed by atoms with Crippen LogP contribution in [0.3, 0.4) is 0 Å². The number of hydrogen-bond acceptors (Lipinski definition) is 4. The fourth-order valence-electron chi connectivity index (χ4n) is 4.78. The number of carbonyl (C=O) groups is 1. The lowest BCUT2D eigenvalue weighted by molar-refractivity contribution is -0.193. The highest BCUT2D eigenvalue weighted by Crippen LogP contribution is 2.48. The van der Waals surface area contributed by atoms with Gasteiger partial charge in [0.15, 0.2) is 6.29 Å². The lowest BCUT2D eigenvalue weighted by Crippen LogP contribution is -2.31. The maximum atomic E-state index is 11.9. The number of ketones is 1. The minimum atomic E-state index is -0.380. The van der Waals surface area contributed by atoms with Gasteiger partial charge in [-0.05, 0) is 43.9 Å². The largest absolute Gasteiger partial charge is 0.389 e. The Kier molecular flexibility index (Phi) is 7.08. The quantitative estimate of drug-likeness (QED) is 0.531. The second-order valence-corrected chi connectivity index (χ2v) is 8.10. The SMILES string of the molecule is CCCCC[C@H](O)/C=C/[C@@H]1[C@H]2CC(=O)C[C@H]2C[C@H]1OC1CCCCO1. The summed E-state index contributed by atoms with van der Waals surface area (Å²) in [6.45, 7) is 2.96. The topological polar surface area (TPSA) is 55.8 Å². The van der Waals surface area contributed by atoms with E-state index < -0.39 is 0 Å². The van der Waals surface area contributed by atoms with E-state index in [9.17, 15) is 9.90 Å². The van der Waals surface area contributed by atoms with Crippen molar-refractivity contribution in [3.63, 3.8) is 0 Å². The van der Waals surface area contributed by atoms with E-state index in [0.717, 1.165) is 45.1 Å². The van der Waals surface area contributed by atoms with Crippen LogP contribution in [0.5, 0.6) is 0 Å². The molecule has 142 valence electrons. The number of carbonyl (C=O) groups excluding carboxylic acids is 1. The zero-order valence-electron chi connectivity index (χ0n) is 15.6. The molecule has 3 rings (SSSR count). The predicted molar refractivity (Wildman–Crippen MR) is 97.1 cm³/mol. The van der Waals surface area contributed by atoms with Crippen molar-refractivity contribution in [2.24, 2.45) is 17.8 Å². The number of aliphatic hydroxyl groups excluding tert-OH is 1. The maximum Gasteiger partial charge on any atom is 0.157 e. The molecule has 25 heavy (non-hydrogen) atoms. The second-order valence-electron chi connectivity index (χ2n) is 8.10. The Morgan fingerprint density at radius 1 is 1.32 bits per heavy atom. The summed E-state index contributed by atoms with van der Waals surface area (Å²) in [6, 6.07) is 0. The van der Waals surface area contributed by atoms with Gasteiger partial charge in [-0.25, -0.2) is 0 Å². The molecule has 0 amide bonds. The summed E-state index contributed by atoms with van der Waals surface area (Å²) in [4.78, 5) is 11.9. The van der Waals surface area contributed by atoms with Crippen molar-refractivity contribution in [2.75, 3.05) is 6.61 Å². The van der Waals surface area contributed by atoms with Crippen molar-refractivity contribution < 1.29 is 19.4 Å². The molecule has 2 saturated carbocycles. The molecule has 3 aliphatic rings. The third-order valence-electron chi connectivity index (χ3n) is 6.14. The summed E-state index contributed by atoms with van der Waals surface area (Å²) in [5, 5.41) is 10.2. The molecule has 1 aliphatic heterocycles. The Morgan fingerprint density at radius 2 is 2.20 bits per heavy atom. The molecule has 1 saturated heterocycles. The van der Waals surface area contributed by atoms with Crippen molar-refractivity contribution in [2.45, 2.75) is 89.6 Å². The molecular formula is C21H34O4. The number of unbranched alkanes of at least 4 members (excludes halogenated alkanes) is 2. The molecule has 1 heterocycles. The first kappa shape index (κ1) is 19.1. The summed E-state index contributed by atoms with van der Waals surface area (Å²) in [5.41, 5.74) is 0. The zero-order chi connectivity index (χ0) is 17.6. The van der Waals surface area contributed by atoms with Crippen LogP contribution in [0.2, 0.25) is 0 Å². The van der Waals surface area contributed by atoms with Gasteiger partial charge in [-0.2, -0.15) is 0 Å². The summed E-state index contributed by atoms with van der Waals surface area (Å²) in [5.74, 6) is 1.47. The second kappa shape index (κ2) is 9.29. The average molecular weight is 350 g/mol. The van der Waals surface area contributed by atoms with Gasteiger partial charge < -0.3 is 14.6 Å². The Balaban J connectivity index is 1.59. The van der Waals surface area contributed by atoms with E-state index in [1.54, 1.807) is 0 Å². The van der Waals surface area contributed by atoms with Crippen LogP contribution in [0, 0.1) is 17.8 Å². The Labute approximate surface area is 152 Å². The van der Waals surface area contributed by atoms with Crippen molar-refractivity contribution in [3.05, 3.63) is 12.2 Å². The molecule has 3 fully saturated rings. The number of hydrogen-bond donors (Lipinski definition) is 1. The smallest absolute Gasteiger partial charge is 0.157 e. The van der Waals surface area contributed by atoms with Crippen LogP contribution in [-0.4, -0.2) is 36.0 Å². The van der Waals surface area contributed by atoms with Gasteiger partial charge in [0.25, 0.3) is 0 Å². The van der Waals surface area contributed by atoms with Crippen LogP contribution in [0.4, 0.5) is 0 Å². The fraction of sp³-hybridized carbons (Fsp3) is 0.857. The van der Waals surface area contributed by atoms with Crippen LogP contribution >= 0.6 is 0 Å². The number of rotatable bonds is 8. The molecule has 2 aliphatic carbocycles. The molecular weight excluding hydrogens is 316 g/mol. The minimum Gasteiger partial charge on any atom is -0.389 e. The van der Waals surface area contributed by atoms with Crippen molar-refractivity contribution in [1.29, 1.82) is 0 Å². The molecule has 6 atom stereocenters. The summed E-state index contributed by atoms with van der Waals surface area (Å²) >= 11 is 0. The molecule has 0 aromatic carbocycles. The highest BCUT2D eigenvalue weighted by Gasteiger charge is 2.48. The van der Waals surface area contributed by atoms with Gasteiger partial charge in [-0.1, -0.05) is 38.3 Å². The van der Waals surface area contributed by atoms with E-state index >= 15 is 0 Å². The number of ether oxygens (including phenoxy) is 2. The molecule has 1 unspecified atom stereocenters. The van der Waals surface area contributed by atoms with Gasteiger partial charge in [0.05, 0.1) is 12.2 Å². The summed E-state index contributed by atoms with van der Waals surface area (Å²) in [6.07, 6.45) is 13.6. The van der Waals surface area contributed by atoms with Crippen molar-refractivity contribution >= 4 is 5.78 Å². The van der Waals surface area contributed by atoms with Crippen molar-refractivity contribution in [3.8, 4) is 0 Å². The van der Waals surface area contributed by atoms with Crippen LogP contribution in [0.15, 0.2) is 12.2 Å². The Hall–Kier alpha value is -0.710. The van der Waals surface area contributed by atoms with Crippen LogP contribution in [0.25, 0.3) is 0 Å². The average Bonchev–Trinajstić information content (AvgIpc) is 3.10. The van der Waals surface area contributed by atoms with Gasteiger partial charge in [0.1, 0.15) is 5.78 Å². The van der Waals surface area contributed by atoms with Gasteiger partial charge in [0.2, 0.25) is 0 Å². The molecule has 0 radical (unpaired) electrons. The van der Waals surface area contributed by atoms with Gasteiger partial charge >= 0.3 is 0 Å². The molecule has 1 N–H and O–H groups in total. The normalized spacial score (nSPS) is 36.9. The van der Waals surface area contributed by atoms with Crippen LogP contribution in [0.1, 0.15) is 71.1 Å². The van der Waals surface area contributed by atoms with Crippen LogP contribution < -0.4 is 0 Å². The maximum absolute atomic E-state index is 11.9. The first-order valence-electron chi connectivity index (χ1n) is 10.3. The number of Topliss-reactive ketones (excluding diaryl/α,β-unsaturated/α-hetero) is 1. The molecule has 0 aromatic heterocycles. The lowest BCUT2D eigenvalue weighted by Gasteiger charge is -2.29. The number of fused-ring (bicyclic) bond motifs is 1. The van der Waals surface area contributed by atoms with E-state index in [0.29, 0.717) is 30.5 Å². The Bertz CT molecular complexity index is 455. The third kappa shape index (κ3) is 5.15. The Morgan fingerprint density at radius 3 is 2.96 bits per heavy atom. The van der Waals surface area contributed by atoms with Crippen LogP contribution in [-0.2, 0) is 14.3 Å². The van der Waals surface area contributed by atoms with Gasteiger partial charge in [-0.3, -0.25) is 4.79 Å². The van der Waals surface area contributed by atoms with E-state index in [1.165, 1.54) is 12.8 Å². The highest BCUT2D eigenvalue weighted by atomic mass is 16.7. The molecule has 0 aromatic rings. The fourth-order valence-corrected chi connectivity index (χ4v) is 4.78. The van der Waals surface area contributed by atoms with Crippen molar-refractivity contribution in [1.82, 2.24) is 0 Å². The first-order valence-corrected chi connectivity index (χ1v) is 10.3. The lowest BCUT2D eigenvalue weighted by atomic mass is 9.90. The standard InChI is InChI=1S/C21H34O4/c1-2-3-4-7-16(22)9-10-18-19-14-17(23)12-15(19)13-20(18)25-21-8-5-6-11-24-21/h9-10,15-16,18-22H,2-8,11-14H2,1H3/b10-9+/t15-,16-,18+,19-,20+,21?/m0/s1. The minimum absolute atomic E-state index is 0.0846. The first-order chi connectivity index (χ1) is 12.2. The molecule has 0 spiro atoms. The van der Waals surface area contributed by atoms with Gasteiger partial charge in [-0.15, -0.1) is 0 Å². The monoisotopic (exact) mass is 350 g/mol. The van der Waals surface area contributed by atoms with E-state index in [4.69, 9.17) is 9.47 Å². The third-order valence-corrected chi connectivity index (χ3v) is 6.14. The predicted octanol–water partition coefficient (Wildman–Crippen LogP) is 4.01. The molecule has 0 bridgehead atoms. The summed E-state index contributed by atoms with van der Waals surface area (Å²) < 4.78 is 12.1. The zero-order valence-corrected chi connectivity index (χ0v) is 15.6. The molecule has 4 heteroatoms. The molecule has 4 nitrogen and oxygen atoms in total.